The van der Waals surface area contributed by atoms with Gasteiger partial charge >= 0.3 is 5.97 Å². The molecule has 2 N–H and O–H groups in total. The number of ether oxygens (including phenoxy) is 1. The fourth-order valence-electron chi connectivity index (χ4n) is 1.47. The van der Waals surface area contributed by atoms with Gasteiger partial charge in [-0.2, -0.15) is 0 Å². The van der Waals surface area contributed by atoms with Crippen LogP contribution in [0, 0.1) is 4.64 Å². The number of pyridine rings is 1. The molecular weight excluding hydrogens is 274 g/mol. The van der Waals surface area contributed by atoms with Crippen molar-refractivity contribution in [3.63, 3.8) is 0 Å². The molecule has 5 nitrogen and oxygen atoms in total. The van der Waals surface area contributed by atoms with Crippen LogP contribution in [-0.4, -0.2) is 27.8 Å². The summed E-state index contributed by atoms with van der Waals surface area (Å²) < 4.78 is 5.25. The molecule has 2 rings (SSSR count). The van der Waals surface area contributed by atoms with Crippen molar-refractivity contribution in [3.8, 4) is 11.4 Å². The zero-order valence-corrected chi connectivity index (χ0v) is 11.1. The number of carbonyl (C=O) groups is 1. The summed E-state index contributed by atoms with van der Waals surface area (Å²) in [6, 6.07) is 3.38. The molecule has 0 aromatic carbocycles. The van der Waals surface area contributed by atoms with Crippen molar-refractivity contribution in [3.05, 3.63) is 33.6 Å². The van der Waals surface area contributed by atoms with E-state index in [1.54, 1.807) is 19.1 Å². The third-order valence-corrected chi connectivity index (χ3v) is 2.77. The third kappa shape index (κ3) is 2.44. The Morgan fingerprint density at radius 3 is 2.89 bits per heavy atom. The summed E-state index contributed by atoms with van der Waals surface area (Å²) >= 11 is 10.8. The van der Waals surface area contributed by atoms with Gasteiger partial charge in [-0.25, -0.2) is 4.79 Å². The van der Waals surface area contributed by atoms with Gasteiger partial charge in [-0.05, 0) is 19.1 Å². The fourth-order valence-corrected chi connectivity index (χ4v) is 1.82. The summed E-state index contributed by atoms with van der Waals surface area (Å²) in [5.41, 5.74) is 1.34. The molecule has 0 atom stereocenters. The highest BCUT2D eigenvalue weighted by atomic mass is 35.5. The maximum atomic E-state index is 11.8. The Morgan fingerprint density at radius 1 is 1.50 bits per heavy atom. The van der Waals surface area contributed by atoms with Gasteiger partial charge in [0.05, 0.1) is 23.0 Å². The molecule has 0 radical (unpaired) electrons. The fraction of sp³-hybridized carbons (Fsp3) is 0.182. The van der Waals surface area contributed by atoms with Crippen LogP contribution < -0.4 is 0 Å². The lowest BCUT2D eigenvalue weighted by Gasteiger charge is -2.02. The molecule has 2 aromatic rings. The number of hydrogen-bond donors (Lipinski definition) is 2. The summed E-state index contributed by atoms with van der Waals surface area (Å²) in [6.45, 7) is 2.02. The lowest BCUT2D eigenvalue weighted by Crippen LogP contribution is -2.06. The maximum absolute atomic E-state index is 11.8. The van der Waals surface area contributed by atoms with E-state index in [4.69, 9.17) is 28.6 Å². The van der Waals surface area contributed by atoms with Crippen molar-refractivity contribution in [2.75, 3.05) is 6.61 Å². The first-order chi connectivity index (χ1) is 8.63. The van der Waals surface area contributed by atoms with Crippen LogP contribution in [0.1, 0.15) is 17.3 Å². The first-order valence-corrected chi connectivity index (χ1v) is 6.01. The van der Waals surface area contributed by atoms with Crippen LogP contribution in [0.3, 0.4) is 0 Å². The summed E-state index contributed by atoms with van der Waals surface area (Å²) in [7, 11) is 0. The van der Waals surface area contributed by atoms with Gasteiger partial charge in [0.15, 0.2) is 0 Å². The van der Waals surface area contributed by atoms with E-state index in [-0.39, 0.29) is 12.2 Å². The van der Waals surface area contributed by atoms with Gasteiger partial charge < -0.3 is 4.74 Å². The maximum Gasteiger partial charge on any atom is 0.343 e. The molecule has 2 heterocycles. The summed E-state index contributed by atoms with van der Waals surface area (Å²) in [5, 5.41) is 6.04. The van der Waals surface area contributed by atoms with Crippen LogP contribution in [-0.2, 0) is 4.74 Å². The SMILES string of the molecule is CCOC(=O)c1c(-c2ccc(Cl)cn2)[nH][nH]c1=S. The van der Waals surface area contributed by atoms with E-state index in [0.29, 0.717) is 21.1 Å². The van der Waals surface area contributed by atoms with E-state index in [1.807, 2.05) is 0 Å². The summed E-state index contributed by atoms with van der Waals surface area (Å²) in [4.78, 5) is 15.9. The second-order valence-electron chi connectivity index (χ2n) is 3.41. The van der Waals surface area contributed by atoms with Gasteiger partial charge in [-0.1, -0.05) is 23.8 Å². The molecule has 94 valence electrons. The minimum absolute atomic E-state index is 0.279. The number of rotatable bonds is 3. The van der Waals surface area contributed by atoms with E-state index in [2.05, 4.69) is 15.2 Å². The molecule has 0 aliphatic carbocycles. The molecule has 7 heteroatoms. The van der Waals surface area contributed by atoms with Crippen LogP contribution in [0.25, 0.3) is 11.4 Å². The first kappa shape index (κ1) is 12.8. The molecule has 0 fully saturated rings. The normalized spacial score (nSPS) is 10.3. The van der Waals surface area contributed by atoms with E-state index < -0.39 is 5.97 Å². The van der Waals surface area contributed by atoms with E-state index >= 15 is 0 Å². The second kappa shape index (κ2) is 5.32. The van der Waals surface area contributed by atoms with Crippen LogP contribution in [0.4, 0.5) is 0 Å². The predicted molar refractivity (Wildman–Crippen MR) is 70.2 cm³/mol. The quantitative estimate of drug-likeness (QED) is 0.671. The molecular formula is C11H10ClN3O2S. The Kier molecular flexibility index (Phi) is 3.78. The monoisotopic (exact) mass is 283 g/mol. The lowest BCUT2D eigenvalue weighted by molar-refractivity contribution is 0.0526. The molecule has 0 aliphatic rings. The number of nitrogens with one attached hydrogen (secondary N) is 2. The predicted octanol–water partition coefficient (Wildman–Crippen LogP) is 2.96. The highest BCUT2D eigenvalue weighted by molar-refractivity contribution is 7.71. The van der Waals surface area contributed by atoms with Crippen molar-refractivity contribution in [2.45, 2.75) is 6.92 Å². The topological polar surface area (TPSA) is 70.8 Å². The zero-order chi connectivity index (χ0) is 13.1. The minimum atomic E-state index is -0.480. The third-order valence-electron chi connectivity index (χ3n) is 2.24. The van der Waals surface area contributed by atoms with Gasteiger partial charge in [0.2, 0.25) is 0 Å². The van der Waals surface area contributed by atoms with Crippen molar-refractivity contribution < 1.29 is 9.53 Å². The van der Waals surface area contributed by atoms with E-state index in [0.717, 1.165) is 0 Å². The average molecular weight is 284 g/mol. The smallest absolute Gasteiger partial charge is 0.343 e. The Morgan fingerprint density at radius 2 is 2.28 bits per heavy atom. The van der Waals surface area contributed by atoms with Crippen LogP contribution in [0.15, 0.2) is 18.3 Å². The van der Waals surface area contributed by atoms with Crippen molar-refractivity contribution in [2.24, 2.45) is 0 Å². The van der Waals surface area contributed by atoms with E-state index in [9.17, 15) is 4.79 Å². The Hall–Kier alpha value is -1.66. The van der Waals surface area contributed by atoms with Crippen molar-refractivity contribution >= 4 is 29.8 Å². The first-order valence-electron chi connectivity index (χ1n) is 5.23. The highest BCUT2D eigenvalue weighted by Crippen LogP contribution is 2.22. The number of esters is 1. The highest BCUT2D eigenvalue weighted by Gasteiger charge is 2.19. The number of H-pyrrole nitrogens is 2. The summed E-state index contributed by atoms with van der Waals surface area (Å²) in [5.74, 6) is -0.480. The van der Waals surface area contributed by atoms with Crippen LogP contribution in [0.5, 0.6) is 0 Å². The van der Waals surface area contributed by atoms with Crippen molar-refractivity contribution in [1.29, 1.82) is 0 Å². The van der Waals surface area contributed by atoms with Crippen molar-refractivity contribution in [1.82, 2.24) is 15.2 Å². The van der Waals surface area contributed by atoms with Crippen LogP contribution in [0.2, 0.25) is 5.02 Å². The Labute approximate surface area is 113 Å². The molecule has 0 aliphatic heterocycles. The number of carbonyl (C=O) groups excluding carboxylic acids is 1. The van der Waals surface area contributed by atoms with Gasteiger partial charge in [0.25, 0.3) is 0 Å². The lowest BCUT2D eigenvalue weighted by atomic mass is 10.2. The van der Waals surface area contributed by atoms with Gasteiger partial charge in [0, 0.05) is 6.20 Å². The molecule has 18 heavy (non-hydrogen) atoms. The second-order valence-corrected chi connectivity index (χ2v) is 4.26. The average Bonchev–Trinajstić information content (AvgIpc) is 2.72. The van der Waals surface area contributed by atoms with Gasteiger partial charge in [-0.3, -0.25) is 15.2 Å². The molecule has 0 spiro atoms. The molecule has 0 saturated heterocycles. The van der Waals surface area contributed by atoms with Gasteiger partial charge in [-0.15, -0.1) is 0 Å². The van der Waals surface area contributed by atoms with E-state index in [1.165, 1.54) is 6.20 Å². The number of aromatic nitrogens is 3. The molecule has 2 aromatic heterocycles. The minimum Gasteiger partial charge on any atom is -0.462 e. The Balaban J connectivity index is 2.49. The Bertz CT molecular complexity index is 618. The largest absolute Gasteiger partial charge is 0.462 e. The molecule has 0 bridgehead atoms. The van der Waals surface area contributed by atoms with Crippen LogP contribution >= 0.6 is 23.8 Å². The number of halogens is 1. The zero-order valence-electron chi connectivity index (χ0n) is 9.49. The number of aromatic amines is 2. The molecule has 0 amide bonds. The number of nitrogens with zero attached hydrogens (tertiary/aromatic N) is 1. The molecule has 0 unspecified atom stereocenters. The molecule has 0 saturated carbocycles. The summed E-state index contributed by atoms with van der Waals surface area (Å²) in [6.07, 6.45) is 1.50. The number of hydrogen-bond acceptors (Lipinski definition) is 4. The standard InChI is InChI=1S/C11H10ClN3O2S/c1-2-17-11(16)8-9(14-15-10(8)18)7-4-3-6(12)5-13-7/h3-5H,2H2,1H3,(H2,14,15,18). The van der Waals surface area contributed by atoms with Gasteiger partial charge in [0.1, 0.15) is 10.2 Å².